The largest absolute Gasteiger partial charge is 0.352 e. The summed E-state index contributed by atoms with van der Waals surface area (Å²) >= 11 is 12.1. The van der Waals surface area contributed by atoms with E-state index in [1.54, 1.807) is 24.7 Å². The number of hydrogen-bond acceptors (Lipinski definition) is 4. The van der Waals surface area contributed by atoms with Crippen LogP contribution < -0.4 is 5.32 Å². The molecule has 2 heterocycles. The summed E-state index contributed by atoms with van der Waals surface area (Å²) in [7, 11) is -3.63. The van der Waals surface area contributed by atoms with E-state index in [1.165, 1.54) is 10.4 Å². The van der Waals surface area contributed by atoms with Gasteiger partial charge in [-0.2, -0.15) is 0 Å². The number of imidazole rings is 1. The minimum atomic E-state index is -3.63. The van der Waals surface area contributed by atoms with Crippen LogP contribution in [0, 0.1) is 5.92 Å². The highest BCUT2D eigenvalue weighted by Crippen LogP contribution is 2.26. The molecular weight excluding hydrogens is 483 g/mol. The first-order valence-corrected chi connectivity index (χ1v) is 13.0. The lowest BCUT2D eigenvalue weighted by Gasteiger charge is -2.31. The molecule has 0 unspecified atom stereocenters. The third-order valence-corrected chi connectivity index (χ3v) is 8.11. The first-order chi connectivity index (χ1) is 15.8. The fourth-order valence-corrected chi connectivity index (χ4v) is 6.17. The minimum absolute atomic E-state index is 0.153. The van der Waals surface area contributed by atoms with Crippen molar-refractivity contribution in [2.75, 3.05) is 13.1 Å². The smallest absolute Gasteiger partial charge is 0.224 e. The van der Waals surface area contributed by atoms with Gasteiger partial charge in [-0.1, -0.05) is 47.5 Å². The SMILES string of the molecule is O=C(NCc1ccccc1-n1ccnc1)[C@H]1CCCN(S(=O)(=O)Cc2ccc(Cl)cc2Cl)C1. The molecule has 1 saturated heterocycles. The van der Waals surface area contributed by atoms with Gasteiger partial charge in [0.2, 0.25) is 15.9 Å². The van der Waals surface area contributed by atoms with Gasteiger partial charge in [-0.25, -0.2) is 17.7 Å². The van der Waals surface area contributed by atoms with Gasteiger partial charge < -0.3 is 9.88 Å². The Morgan fingerprint density at radius 3 is 2.73 bits per heavy atom. The second-order valence-corrected chi connectivity index (χ2v) is 10.8. The molecule has 1 aromatic heterocycles. The molecule has 3 aromatic rings. The Bertz CT molecular complexity index is 1230. The second kappa shape index (κ2) is 10.3. The van der Waals surface area contributed by atoms with Crippen molar-refractivity contribution in [1.82, 2.24) is 19.2 Å². The Morgan fingerprint density at radius 2 is 1.97 bits per heavy atom. The first-order valence-electron chi connectivity index (χ1n) is 10.6. The standard InChI is InChI=1S/C23H24Cl2N4O3S/c24-20-8-7-19(21(25)12-20)15-33(31,32)29-10-3-5-18(14-29)23(30)27-13-17-4-1-2-6-22(17)28-11-9-26-16-28/h1-2,4,6-9,11-12,16,18H,3,5,10,13-15H2,(H,27,30)/t18-/m0/s1. The molecule has 2 aromatic carbocycles. The van der Waals surface area contributed by atoms with Crippen LogP contribution >= 0.6 is 23.2 Å². The third-order valence-electron chi connectivity index (χ3n) is 5.73. The molecule has 1 aliphatic heterocycles. The van der Waals surface area contributed by atoms with Crippen molar-refractivity contribution in [1.29, 1.82) is 0 Å². The number of benzene rings is 2. The minimum Gasteiger partial charge on any atom is -0.352 e. The number of sulfonamides is 1. The van der Waals surface area contributed by atoms with Crippen molar-refractivity contribution < 1.29 is 13.2 Å². The molecule has 174 valence electrons. The lowest BCUT2D eigenvalue weighted by Crippen LogP contribution is -2.45. The molecule has 1 aliphatic rings. The summed E-state index contributed by atoms with van der Waals surface area (Å²) in [6.45, 7) is 0.889. The van der Waals surface area contributed by atoms with Crippen LogP contribution in [0.5, 0.6) is 0 Å². The number of carbonyl (C=O) groups excluding carboxylic acids is 1. The molecule has 7 nitrogen and oxygen atoms in total. The maximum atomic E-state index is 13.0. The quantitative estimate of drug-likeness (QED) is 0.523. The molecule has 0 spiro atoms. The number of nitrogens with zero attached hydrogens (tertiary/aromatic N) is 3. The Hall–Kier alpha value is -2.39. The van der Waals surface area contributed by atoms with E-state index >= 15 is 0 Å². The van der Waals surface area contributed by atoms with Crippen LogP contribution in [0.4, 0.5) is 0 Å². The van der Waals surface area contributed by atoms with E-state index in [1.807, 2.05) is 35.0 Å². The predicted octanol–water partition coefficient (Wildman–Crippen LogP) is 4.04. The van der Waals surface area contributed by atoms with Gasteiger partial charge in [0.25, 0.3) is 0 Å². The molecular formula is C23H24Cl2N4O3S. The molecule has 0 saturated carbocycles. The summed E-state index contributed by atoms with van der Waals surface area (Å²) in [6, 6.07) is 12.5. The highest BCUT2D eigenvalue weighted by Gasteiger charge is 2.32. The van der Waals surface area contributed by atoms with Gasteiger partial charge in [0.1, 0.15) is 0 Å². The second-order valence-electron chi connectivity index (χ2n) is 8.01. The average molecular weight is 507 g/mol. The third kappa shape index (κ3) is 5.76. The zero-order valence-corrected chi connectivity index (χ0v) is 20.2. The van der Waals surface area contributed by atoms with Gasteiger partial charge in [0.05, 0.1) is 23.7 Å². The maximum absolute atomic E-state index is 13.0. The van der Waals surface area contributed by atoms with E-state index in [9.17, 15) is 13.2 Å². The number of carbonyl (C=O) groups is 1. The van der Waals surface area contributed by atoms with Crippen LogP contribution in [0.1, 0.15) is 24.0 Å². The Morgan fingerprint density at radius 1 is 1.15 bits per heavy atom. The summed E-state index contributed by atoms with van der Waals surface area (Å²) in [6.07, 6.45) is 6.51. The van der Waals surface area contributed by atoms with Crippen molar-refractivity contribution in [3.05, 3.63) is 82.4 Å². The zero-order chi connectivity index (χ0) is 23.4. The number of halogens is 2. The molecule has 33 heavy (non-hydrogen) atoms. The van der Waals surface area contributed by atoms with Crippen LogP contribution in [0.3, 0.4) is 0 Å². The maximum Gasteiger partial charge on any atom is 0.224 e. The molecule has 1 N–H and O–H groups in total. The first kappa shape index (κ1) is 23.8. The number of rotatable bonds is 7. The molecule has 1 atom stereocenters. The van der Waals surface area contributed by atoms with Crippen LogP contribution in [0.15, 0.2) is 61.2 Å². The summed E-state index contributed by atoms with van der Waals surface area (Å²) < 4.78 is 29.3. The summed E-state index contributed by atoms with van der Waals surface area (Å²) in [5.41, 5.74) is 2.37. The summed E-state index contributed by atoms with van der Waals surface area (Å²) in [5.74, 6) is -0.787. The number of piperidine rings is 1. The van der Waals surface area contributed by atoms with Gasteiger partial charge in [-0.15, -0.1) is 0 Å². The van der Waals surface area contributed by atoms with E-state index < -0.39 is 15.9 Å². The molecule has 0 aliphatic carbocycles. The van der Waals surface area contributed by atoms with Crippen molar-refractivity contribution in [2.24, 2.45) is 5.92 Å². The van der Waals surface area contributed by atoms with Gasteiger partial charge in [-0.3, -0.25) is 4.79 Å². The van der Waals surface area contributed by atoms with E-state index in [0.29, 0.717) is 41.5 Å². The average Bonchev–Trinajstić information content (AvgIpc) is 3.34. The van der Waals surface area contributed by atoms with Crippen molar-refractivity contribution in [2.45, 2.75) is 25.1 Å². The fourth-order valence-electron chi connectivity index (χ4n) is 3.98. The van der Waals surface area contributed by atoms with Gasteiger partial charge in [0, 0.05) is 42.1 Å². The Labute approximate surface area is 203 Å². The fraction of sp³-hybridized carbons (Fsp3) is 0.304. The van der Waals surface area contributed by atoms with Crippen molar-refractivity contribution in [3.8, 4) is 5.69 Å². The van der Waals surface area contributed by atoms with Crippen LogP contribution in [-0.4, -0.2) is 41.3 Å². The lowest BCUT2D eigenvalue weighted by molar-refractivity contribution is -0.126. The number of amides is 1. The van der Waals surface area contributed by atoms with Crippen LogP contribution in [0.2, 0.25) is 10.0 Å². The summed E-state index contributed by atoms with van der Waals surface area (Å²) in [4.78, 5) is 17.0. The number of nitrogens with one attached hydrogen (secondary N) is 1. The number of hydrogen-bond donors (Lipinski definition) is 1. The van der Waals surface area contributed by atoms with Gasteiger partial charge in [0.15, 0.2) is 0 Å². The number of para-hydroxylation sites is 1. The summed E-state index contributed by atoms with van der Waals surface area (Å²) in [5, 5.41) is 3.74. The zero-order valence-electron chi connectivity index (χ0n) is 17.8. The van der Waals surface area contributed by atoms with Crippen molar-refractivity contribution >= 4 is 39.1 Å². The molecule has 1 fully saturated rings. The van der Waals surface area contributed by atoms with Crippen LogP contribution in [0.25, 0.3) is 5.69 Å². The lowest BCUT2D eigenvalue weighted by atomic mass is 9.98. The topological polar surface area (TPSA) is 84.3 Å². The van der Waals surface area contributed by atoms with E-state index in [2.05, 4.69) is 10.3 Å². The molecule has 0 bridgehead atoms. The van der Waals surface area contributed by atoms with E-state index in [0.717, 1.165) is 11.3 Å². The normalized spacial score (nSPS) is 17.1. The van der Waals surface area contributed by atoms with Gasteiger partial charge >= 0.3 is 0 Å². The highest BCUT2D eigenvalue weighted by atomic mass is 35.5. The molecule has 4 rings (SSSR count). The van der Waals surface area contributed by atoms with Crippen LogP contribution in [-0.2, 0) is 27.1 Å². The highest BCUT2D eigenvalue weighted by molar-refractivity contribution is 7.88. The molecule has 10 heteroatoms. The monoisotopic (exact) mass is 506 g/mol. The Balaban J connectivity index is 1.40. The van der Waals surface area contributed by atoms with Crippen molar-refractivity contribution in [3.63, 3.8) is 0 Å². The molecule has 1 amide bonds. The Kier molecular flexibility index (Phi) is 7.38. The van der Waals surface area contributed by atoms with E-state index in [4.69, 9.17) is 23.2 Å². The molecule has 0 radical (unpaired) electrons. The number of aromatic nitrogens is 2. The van der Waals surface area contributed by atoms with E-state index in [-0.39, 0.29) is 18.2 Å². The predicted molar refractivity (Wildman–Crippen MR) is 129 cm³/mol. The van der Waals surface area contributed by atoms with Gasteiger partial charge in [-0.05, 0) is 42.2 Å².